The summed E-state index contributed by atoms with van der Waals surface area (Å²) in [6, 6.07) is 5.15. The zero-order valence-electron chi connectivity index (χ0n) is 13.3. The van der Waals surface area contributed by atoms with Gasteiger partial charge < -0.3 is 14.8 Å². The lowest BCUT2D eigenvalue weighted by Crippen LogP contribution is -2.45. The lowest BCUT2D eigenvalue weighted by molar-refractivity contribution is -0.175. The first-order valence-corrected chi connectivity index (χ1v) is 8.42. The molecule has 0 atom stereocenters. The SMILES string of the molecule is O=C(COCC(F)(F)F)NCC1(c2ccc(Cl)cc2Cl)CCOCC1. The summed E-state index contributed by atoms with van der Waals surface area (Å²) < 4.78 is 45.9. The van der Waals surface area contributed by atoms with Crippen molar-refractivity contribution in [1.82, 2.24) is 5.32 Å². The van der Waals surface area contributed by atoms with Crippen molar-refractivity contribution in [2.24, 2.45) is 0 Å². The first kappa shape index (κ1) is 20.3. The molecule has 1 N–H and O–H groups in total. The van der Waals surface area contributed by atoms with Crippen molar-refractivity contribution in [3.8, 4) is 0 Å². The summed E-state index contributed by atoms with van der Waals surface area (Å²) in [6.07, 6.45) is -3.21. The molecule has 1 aliphatic rings. The number of ether oxygens (including phenoxy) is 2. The van der Waals surface area contributed by atoms with E-state index < -0.39 is 30.7 Å². The lowest BCUT2D eigenvalue weighted by Gasteiger charge is -2.38. The molecule has 0 bridgehead atoms. The minimum atomic E-state index is -4.46. The monoisotopic (exact) mass is 399 g/mol. The number of benzene rings is 1. The van der Waals surface area contributed by atoms with Crippen LogP contribution in [0.4, 0.5) is 13.2 Å². The maximum atomic E-state index is 12.0. The number of carbonyl (C=O) groups is 1. The van der Waals surface area contributed by atoms with Gasteiger partial charge in [0.1, 0.15) is 13.2 Å². The van der Waals surface area contributed by atoms with Crippen LogP contribution in [0.2, 0.25) is 10.0 Å². The van der Waals surface area contributed by atoms with Crippen molar-refractivity contribution >= 4 is 29.1 Å². The van der Waals surface area contributed by atoms with E-state index in [1.54, 1.807) is 12.1 Å². The highest BCUT2D eigenvalue weighted by molar-refractivity contribution is 6.35. The molecule has 1 aromatic carbocycles. The van der Waals surface area contributed by atoms with Gasteiger partial charge in [0.15, 0.2) is 0 Å². The summed E-state index contributed by atoms with van der Waals surface area (Å²) in [4.78, 5) is 11.8. The number of nitrogens with one attached hydrogen (secondary N) is 1. The van der Waals surface area contributed by atoms with Gasteiger partial charge in [-0.2, -0.15) is 13.2 Å². The Morgan fingerprint density at radius 2 is 1.96 bits per heavy atom. The first-order valence-electron chi connectivity index (χ1n) is 7.66. The van der Waals surface area contributed by atoms with Gasteiger partial charge in [-0.1, -0.05) is 29.3 Å². The molecule has 1 amide bonds. The molecule has 140 valence electrons. The van der Waals surface area contributed by atoms with Crippen LogP contribution in [-0.4, -0.2) is 45.1 Å². The van der Waals surface area contributed by atoms with Crippen LogP contribution in [-0.2, 0) is 19.7 Å². The van der Waals surface area contributed by atoms with Crippen molar-refractivity contribution in [2.75, 3.05) is 33.0 Å². The zero-order valence-corrected chi connectivity index (χ0v) is 14.8. The van der Waals surface area contributed by atoms with Crippen LogP contribution in [0, 0.1) is 0 Å². The number of rotatable bonds is 6. The third kappa shape index (κ3) is 6.02. The van der Waals surface area contributed by atoms with E-state index in [9.17, 15) is 18.0 Å². The molecule has 0 radical (unpaired) electrons. The normalized spacial score (nSPS) is 17.3. The van der Waals surface area contributed by atoms with E-state index in [1.807, 2.05) is 6.07 Å². The van der Waals surface area contributed by atoms with Gasteiger partial charge in [0.25, 0.3) is 0 Å². The molecule has 0 aliphatic carbocycles. The Morgan fingerprint density at radius 1 is 1.28 bits per heavy atom. The highest BCUT2D eigenvalue weighted by atomic mass is 35.5. The molecule has 2 rings (SSSR count). The third-order valence-corrected chi connectivity index (χ3v) is 4.62. The second-order valence-corrected chi connectivity index (χ2v) is 6.75. The topological polar surface area (TPSA) is 47.6 Å². The number of alkyl halides is 3. The summed E-state index contributed by atoms with van der Waals surface area (Å²) in [5.41, 5.74) is 0.373. The van der Waals surface area contributed by atoms with Crippen LogP contribution in [0.5, 0.6) is 0 Å². The molecule has 25 heavy (non-hydrogen) atoms. The minimum absolute atomic E-state index is 0.228. The average Bonchev–Trinajstić information content (AvgIpc) is 2.52. The zero-order chi connectivity index (χ0) is 18.5. The smallest absolute Gasteiger partial charge is 0.381 e. The summed E-state index contributed by atoms with van der Waals surface area (Å²) >= 11 is 12.2. The molecule has 0 saturated carbocycles. The van der Waals surface area contributed by atoms with Crippen molar-refractivity contribution < 1.29 is 27.4 Å². The summed E-state index contributed by atoms with van der Waals surface area (Å²) in [6.45, 7) is -0.881. The maximum absolute atomic E-state index is 12.0. The Morgan fingerprint density at radius 3 is 2.56 bits per heavy atom. The van der Waals surface area contributed by atoms with Crippen LogP contribution in [0.15, 0.2) is 18.2 Å². The lowest BCUT2D eigenvalue weighted by atomic mass is 9.74. The van der Waals surface area contributed by atoms with Crippen LogP contribution in [0.25, 0.3) is 0 Å². The molecular weight excluding hydrogens is 382 g/mol. The molecule has 1 fully saturated rings. The summed E-state index contributed by atoms with van der Waals surface area (Å²) in [5.74, 6) is -0.611. The van der Waals surface area contributed by atoms with Gasteiger partial charge in [-0.05, 0) is 30.5 Å². The molecule has 9 heteroatoms. The fraction of sp³-hybridized carbons (Fsp3) is 0.562. The van der Waals surface area contributed by atoms with E-state index in [0.29, 0.717) is 36.1 Å². The van der Waals surface area contributed by atoms with E-state index >= 15 is 0 Å². The van der Waals surface area contributed by atoms with Crippen molar-refractivity contribution in [2.45, 2.75) is 24.4 Å². The van der Waals surface area contributed by atoms with Crippen LogP contribution < -0.4 is 5.32 Å². The van der Waals surface area contributed by atoms with Gasteiger partial charge in [0.2, 0.25) is 5.91 Å². The Hall–Kier alpha value is -1.02. The summed E-state index contributed by atoms with van der Waals surface area (Å²) in [5, 5.41) is 3.63. The Bertz CT molecular complexity index is 605. The molecule has 1 saturated heterocycles. The Labute approximate surface area is 153 Å². The number of hydrogen-bond acceptors (Lipinski definition) is 3. The standard InChI is InChI=1S/C16H18Cl2F3NO3/c17-11-1-2-12(13(18)7-11)15(3-5-24-6-4-15)9-22-14(23)8-25-10-16(19,20)21/h1-2,7H,3-6,8-10H2,(H,22,23). The number of carbonyl (C=O) groups excluding carboxylic acids is 1. The number of halogens is 5. The second kappa shape index (κ2) is 8.58. The fourth-order valence-electron chi connectivity index (χ4n) is 2.80. The van der Waals surface area contributed by atoms with Crippen molar-refractivity contribution in [3.63, 3.8) is 0 Å². The molecule has 0 aromatic heterocycles. The van der Waals surface area contributed by atoms with Crippen LogP contribution in [0.3, 0.4) is 0 Å². The minimum Gasteiger partial charge on any atom is -0.381 e. The maximum Gasteiger partial charge on any atom is 0.411 e. The molecule has 1 aliphatic heterocycles. The number of amides is 1. The van der Waals surface area contributed by atoms with E-state index in [0.717, 1.165) is 5.56 Å². The molecule has 4 nitrogen and oxygen atoms in total. The van der Waals surface area contributed by atoms with Crippen molar-refractivity contribution in [3.05, 3.63) is 33.8 Å². The van der Waals surface area contributed by atoms with Crippen LogP contribution >= 0.6 is 23.2 Å². The van der Waals surface area contributed by atoms with Gasteiger partial charge in [-0.3, -0.25) is 4.79 Å². The van der Waals surface area contributed by atoms with Crippen LogP contribution in [0.1, 0.15) is 18.4 Å². The largest absolute Gasteiger partial charge is 0.411 e. The fourth-order valence-corrected chi connectivity index (χ4v) is 3.41. The quantitative estimate of drug-likeness (QED) is 0.792. The highest BCUT2D eigenvalue weighted by Gasteiger charge is 2.36. The van der Waals surface area contributed by atoms with E-state index in [-0.39, 0.29) is 6.54 Å². The molecule has 0 spiro atoms. The summed E-state index contributed by atoms with van der Waals surface area (Å²) in [7, 11) is 0. The molecule has 0 unspecified atom stereocenters. The average molecular weight is 400 g/mol. The highest BCUT2D eigenvalue weighted by Crippen LogP contribution is 2.39. The van der Waals surface area contributed by atoms with E-state index in [1.165, 1.54) is 0 Å². The van der Waals surface area contributed by atoms with E-state index in [4.69, 9.17) is 27.9 Å². The van der Waals surface area contributed by atoms with Gasteiger partial charge in [0.05, 0.1) is 0 Å². The van der Waals surface area contributed by atoms with Gasteiger partial charge in [-0.15, -0.1) is 0 Å². The molecule has 1 heterocycles. The van der Waals surface area contributed by atoms with Crippen molar-refractivity contribution in [1.29, 1.82) is 0 Å². The van der Waals surface area contributed by atoms with Gasteiger partial charge in [0, 0.05) is 35.2 Å². The van der Waals surface area contributed by atoms with Gasteiger partial charge in [-0.25, -0.2) is 0 Å². The Kier molecular flexibility index (Phi) is 6.96. The molecular formula is C16H18Cl2F3NO3. The first-order chi connectivity index (χ1) is 11.7. The van der Waals surface area contributed by atoms with E-state index in [2.05, 4.69) is 10.1 Å². The predicted octanol–water partition coefficient (Wildman–Crippen LogP) is 3.74. The number of hydrogen-bond donors (Lipinski definition) is 1. The molecule has 1 aromatic rings. The Balaban J connectivity index is 2.02. The third-order valence-electron chi connectivity index (χ3n) is 4.08. The second-order valence-electron chi connectivity index (χ2n) is 5.90. The predicted molar refractivity (Wildman–Crippen MR) is 88.1 cm³/mol. The van der Waals surface area contributed by atoms with Gasteiger partial charge >= 0.3 is 6.18 Å².